The number of hydrogen-bond acceptors (Lipinski definition) is 2. The van der Waals surface area contributed by atoms with E-state index in [0.29, 0.717) is 5.89 Å². The van der Waals surface area contributed by atoms with Gasteiger partial charge in [0, 0.05) is 10.7 Å². The van der Waals surface area contributed by atoms with Crippen LogP contribution in [0.1, 0.15) is 0 Å². The van der Waals surface area contributed by atoms with Crippen LogP contribution in [0.2, 0.25) is 0 Å². The first-order valence-corrected chi connectivity index (χ1v) is 3.73. The molecular weight excluding hydrogens is 152 g/mol. The predicted octanol–water partition coefficient (Wildman–Crippen LogP) is 1.17. The highest BCUT2D eigenvalue weighted by molar-refractivity contribution is 5.51. The molecule has 0 aliphatic heterocycles. The summed E-state index contributed by atoms with van der Waals surface area (Å²) in [5, 5.41) is 4.13. The van der Waals surface area contributed by atoms with Gasteiger partial charge in [-0.25, -0.2) is 0 Å². The van der Waals surface area contributed by atoms with Gasteiger partial charge >= 0.3 is 6.39 Å². The van der Waals surface area contributed by atoms with E-state index in [4.69, 9.17) is 4.42 Å². The van der Waals surface area contributed by atoms with Crippen LogP contribution < -0.4 is 4.68 Å². The summed E-state index contributed by atoms with van der Waals surface area (Å²) < 4.78 is 6.84. The van der Waals surface area contributed by atoms with Crippen molar-refractivity contribution in [1.82, 2.24) is 5.10 Å². The Labute approximate surface area is 70.3 Å². The van der Waals surface area contributed by atoms with Crippen molar-refractivity contribution in [3.05, 3.63) is 36.7 Å². The van der Waals surface area contributed by atoms with Crippen LogP contribution in [0.15, 0.2) is 41.1 Å². The quantitative estimate of drug-likeness (QED) is 0.587. The Morgan fingerprint density at radius 2 is 2.00 bits per heavy atom. The first kappa shape index (κ1) is 7.03. The Kier molecular flexibility index (Phi) is 1.63. The molecule has 0 aliphatic rings. The molecule has 0 atom stereocenters. The average molecular weight is 161 g/mol. The maximum absolute atomic E-state index is 5.20. The van der Waals surface area contributed by atoms with E-state index >= 15 is 0 Å². The highest BCUT2D eigenvalue weighted by Crippen LogP contribution is 2.13. The zero-order chi connectivity index (χ0) is 8.39. The Balaban J connectivity index is 2.45. The van der Waals surface area contributed by atoms with Gasteiger partial charge in [-0.15, -0.1) is 0 Å². The molecule has 1 heterocycles. The molecule has 2 aromatic rings. The van der Waals surface area contributed by atoms with E-state index in [2.05, 4.69) is 5.10 Å². The summed E-state index contributed by atoms with van der Waals surface area (Å²) in [5.74, 6) is 0.651. The third-order valence-corrected chi connectivity index (χ3v) is 1.59. The van der Waals surface area contributed by atoms with Crippen LogP contribution in [0, 0.1) is 0 Å². The van der Waals surface area contributed by atoms with E-state index in [9.17, 15) is 0 Å². The molecular formula is C9H9N2O+. The maximum Gasteiger partial charge on any atom is 0.361 e. The molecule has 0 spiro atoms. The van der Waals surface area contributed by atoms with Crippen molar-refractivity contribution in [3.8, 4) is 11.5 Å². The van der Waals surface area contributed by atoms with E-state index in [1.54, 1.807) is 11.1 Å². The van der Waals surface area contributed by atoms with E-state index < -0.39 is 0 Å². The van der Waals surface area contributed by atoms with Crippen LogP contribution in [0.3, 0.4) is 0 Å². The fraction of sp³-hybridized carbons (Fsp3) is 0.111. The Hall–Kier alpha value is -1.64. The second kappa shape index (κ2) is 2.77. The van der Waals surface area contributed by atoms with E-state index in [1.165, 1.54) is 0 Å². The molecule has 0 bridgehead atoms. The fourth-order valence-corrected chi connectivity index (χ4v) is 1.02. The minimum Gasteiger partial charge on any atom is -0.383 e. The summed E-state index contributed by atoms with van der Waals surface area (Å²) in [4.78, 5) is 0. The van der Waals surface area contributed by atoms with Crippen molar-refractivity contribution in [2.24, 2.45) is 7.05 Å². The SMILES string of the molecule is C[n+]1coc(-c2ccccc2)n1. The predicted molar refractivity (Wildman–Crippen MR) is 43.1 cm³/mol. The van der Waals surface area contributed by atoms with Crippen molar-refractivity contribution >= 4 is 0 Å². The fourth-order valence-electron chi connectivity index (χ4n) is 1.02. The third kappa shape index (κ3) is 1.21. The highest BCUT2D eigenvalue weighted by Gasteiger charge is 2.07. The Bertz CT molecular complexity index is 367. The lowest BCUT2D eigenvalue weighted by molar-refractivity contribution is -0.730. The van der Waals surface area contributed by atoms with Crippen molar-refractivity contribution in [2.45, 2.75) is 0 Å². The van der Waals surface area contributed by atoms with E-state index in [-0.39, 0.29) is 0 Å². The normalized spacial score (nSPS) is 10.1. The summed E-state index contributed by atoms with van der Waals surface area (Å²) in [6.07, 6.45) is 1.57. The van der Waals surface area contributed by atoms with Gasteiger partial charge in [0.05, 0.1) is 0 Å². The molecule has 0 N–H and O–H groups in total. The topological polar surface area (TPSA) is 29.9 Å². The molecule has 0 unspecified atom stereocenters. The average Bonchev–Trinajstić information content (AvgIpc) is 2.54. The van der Waals surface area contributed by atoms with Crippen molar-refractivity contribution in [1.29, 1.82) is 0 Å². The molecule has 60 valence electrons. The largest absolute Gasteiger partial charge is 0.383 e. The van der Waals surface area contributed by atoms with Gasteiger partial charge in [-0.1, -0.05) is 22.9 Å². The lowest BCUT2D eigenvalue weighted by atomic mass is 10.2. The van der Waals surface area contributed by atoms with Crippen molar-refractivity contribution < 1.29 is 9.10 Å². The van der Waals surface area contributed by atoms with Crippen LogP contribution in [-0.4, -0.2) is 5.10 Å². The molecule has 0 fully saturated rings. The number of hydrogen-bond donors (Lipinski definition) is 0. The summed E-state index contributed by atoms with van der Waals surface area (Å²) >= 11 is 0. The molecule has 12 heavy (non-hydrogen) atoms. The lowest BCUT2D eigenvalue weighted by Crippen LogP contribution is -2.28. The minimum absolute atomic E-state index is 0.651. The minimum atomic E-state index is 0.651. The van der Waals surface area contributed by atoms with Gasteiger partial charge in [0.2, 0.25) is 0 Å². The summed E-state index contributed by atoms with van der Waals surface area (Å²) in [6, 6.07) is 9.81. The summed E-state index contributed by atoms with van der Waals surface area (Å²) in [6.45, 7) is 0. The van der Waals surface area contributed by atoms with Crippen molar-refractivity contribution in [2.75, 3.05) is 0 Å². The molecule has 0 radical (unpaired) electrons. The molecule has 1 aromatic heterocycles. The number of nitrogens with zero attached hydrogens (tertiary/aromatic N) is 2. The van der Waals surface area contributed by atoms with Crippen LogP contribution in [0.5, 0.6) is 0 Å². The number of aryl methyl sites for hydroxylation is 1. The first-order valence-electron chi connectivity index (χ1n) is 3.73. The standard InChI is InChI=1S/C9H9N2O/c1-11-7-12-9(10-11)8-5-3-2-4-6-8/h2-7H,1H3/q+1. The lowest BCUT2D eigenvalue weighted by Gasteiger charge is -1.87. The maximum atomic E-state index is 5.20. The van der Waals surface area contributed by atoms with Gasteiger partial charge in [-0.3, -0.25) is 0 Å². The zero-order valence-corrected chi connectivity index (χ0v) is 6.77. The molecule has 0 amide bonds. The molecule has 3 heteroatoms. The van der Waals surface area contributed by atoms with Gasteiger partial charge in [0.15, 0.2) is 7.05 Å². The molecule has 0 saturated heterocycles. The Morgan fingerprint density at radius 1 is 1.25 bits per heavy atom. The Morgan fingerprint density at radius 3 is 2.58 bits per heavy atom. The van der Waals surface area contributed by atoms with Crippen LogP contribution in [-0.2, 0) is 7.05 Å². The molecule has 2 rings (SSSR count). The van der Waals surface area contributed by atoms with E-state index in [1.807, 2.05) is 37.4 Å². The summed E-state index contributed by atoms with van der Waals surface area (Å²) in [7, 11) is 1.83. The van der Waals surface area contributed by atoms with Gasteiger partial charge in [-0.2, -0.15) is 0 Å². The third-order valence-electron chi connectivity index (χ3n) is 1.59. The molecule has 3 nitrogen and oxygen atoms in total. The number of rotatable bonds is 1. The van der Waals surface area contributed by atoms with E-state index in [0.717, 1.165) is 5.56 Å². The highest BCUT2D eigenvalue weighted by atomic mass is 16.4. The number of aromatic nitrogens is 2. The van der Waals surface area contributed by atoms with Gasteiger partial charge in [-0.05, 0) is 12.1 Å². The van der Waals surface area contributed by atoms with Gasteiger partial charge in [0.25, 0.3) is 5.89 Å². The molecule has 0 aliphatic carbocycles. The second-order valence-electron chi connectivity index (χ2n) is 2.57. The van der Waals surface area contributed by atoms with Crippen LogP contribution in [0.25, 0.3) is 11.5 Å². The first-order chi connectivity index (χ1) is 5.86. The summed E-state index contributed by atoms with van der Waals surface area (Å²) in [5.41, 5.74) is 0.998. The zero-order valence-electron chi connectivity index (χ0n) is 6.77. The van der Waals surface area contributed by atoms with Gasteiger partial charge < -0.3 is 4.42 Å². The number of benzene rings is 1. The monoisotopic (exact) mass is 161 g/mol. The van der Waals surface area contributed by atoms with Crippen molar-refractivity contribution in [3.63, 3.8) is 0 Å². The van der Waals surface area contributed by atoms with Crippen LogP contribution in [0.4, 0.5) is 0 Å². The van der Waals surface area contributed by atoms with Crippen LogP contribution >= 0.6 is 0 Å². The van der Waals surface area contributed by atoms with Gasteiger partial charge in [0.1, 0.15) is 0 Å². The molecule has 1 aromatic carbocycles. The second-order valence-corrected chi connectivity index (χ2v) is 2.57. The smallest absolute Gasteiger partial charge is 0.361 e. The molecule has 0 saturated carbocycles.